The highest BCUT2D eigenvalue weighted by atomic mass is 16.5. The van der Waals surface area contributed by atoms with Gasteiger partial charge >= 0.3 is 0 Å². The highest BCUT2D eigenvalue weighted by molar-refractivity contribution is 5.73. The number of ether oxygens (including phenoxy) is 1. The lowest BCUT2D eigenvalue weighted by molar-refractivity contribution is 0.251. The molecule has 104 valence electrons. The molecule has 0 heterocycles. The fraction of sp³-hybridized carbons (Fsp3) is 0.438. The third-order valence-electron chi connectivity index (χ3n) is 2.75. The van der Waals surface area contributed by atoms with Crippen molar-refractivity contribution in [1.82, 2.24) is 4.90 Å². The first-order chi connectivity index (χ1) is 9.04. The molecule has 0 aliphatic rings. The molecule has 1 aromatic rings. The van der Waals surface area contributed by atoms with Crippen LogP contribution in [0.5, 0.6) is 0 Å². The molecule has 3 nitrogen and oxygen atoms in total. The molecule has 0 saturated carbocycles. The predicted octanol–water partition coefficient (Wildman–Crippen LogP) is 3.66. The topological polar surface area (TPSA) is 24.8 Å². The third-order valence-corrected chi connectivity index (χ3v) is 2.75. The Morgan fingerprint density at radius 3 is 2.79 bits per heavy atom. The van der Waals surface area contributed by atoms with Crippen LogP contribution in [0.2, 0.25) is 0 Å². The maximum atomic E-state index is 5.73. The molecule has 0 amide bonds. The zero-order valence-electron chi connectivity index (χ0n) is 12.4. The maximum absolute atomic E-state index is 5.73. The Bertz CT molecular complexity index is 450. The Kier molecular flexibility index (Phi) is 6.30. The van der Waals surface area contributed by atoms with Crippen molar-refractivity contribution in [2.24, 2.45) is 4.99 Å². The lowest BCUT2D eigenvalue weighted by atomic mass is 10.1. The molecule has 1 aromatic carbocycles. The largest absolute Gasteiger partial charge is 0.493 e. The monoisotopic (exact) mass is 260 g/mol. The first-order valence-corrected chi connectivity index (χ1v) is 6.60. The number of rotatable bonds is 7. The summed E-state index contributed by atoms with van der Waals surface area (Å²) in [5.74, 6) is 0.697. The van der Waals surface area contributed by atoms with Crippen LogP contribution in [0.15, 0.2) is 29.8 Å². The summed E-state index contributed by atoms with van der Waals surface area (Å²) in [6.45, 7) is 9.68. The molecule has 0 fully saturated rings. The second kappa shape index (κ2) is 7.74. The highest BCUT2D eigenvalue weighted by Crippen LogP contribution is 2.27. The fourth-order valence-corrected chi connectivity index (χ4v) is 1.78. The fourth-order valence-electron chi connectivity index (χ4n) is 1.78. The van der Waals surface area contributed by atoms with E-state index in [1.807, 2.05) is 19.1 Å². The van der Waals surface area contributed by atoms with Crippen molar-refractivity contribution in [2.75, 3.05) is 27.2 Å². The van der Waals surface area contributed by atoms with E-state index in [1.54, 1.807) is 6.21 Å². The number of hydrogen-bond acceptors (Lipinski definition) is 3. The Balaban J connectivity index is 2.67. The average Bonchev–Trinajstić information content (AvgIpc) is 2.36. The van der Waals surface area contributed by atoms with Crippen LogP contribution >= 0.6 is 0 Å². The molecule has 0 aliphatic heterocycles. The van der Waals surface area contributed by atoms with E-state index in [4.69, 9.17) is 4.74 Å². The second-order valence-electron chi connectivity index (χ2n) is 4.84. The Hall–Kier alpha value is -1.61. The van der Waals surface area contributed by atoms with Crippen molar-refractivity contribution >= 4 is 17.7 Å². The Labute approximate surface area is 116 Å². The summed E-state index contributed by atoms with van der Waals surface area (Å²) in [4.78, 5) is 6.50. The van der Waals surface area contributed by atoms with Crippen molar-refractivity contribution in [3.8, 4) is 0 Å². The van der Waals surface area contributed by atoms with Gasteiger partial charge < -0.3 is 9.64 Å². The maximum Gasteiger partial charge on any atom is 0.121 e. The molecule has 0 atom stereocenters. The molecule has 0 aromatic heterocycles. The van der Waals surface area contributed by atoms with Crippen molar-refractivity contribution in [3.63, 3.8) is 0 Å². The number of aryl methyl sites for hydroxylation is 1. The van der Waals surface area contributed by atoms with Crippen LogP contribution in [0, 0.1) is 6.92 Å². The normalized spacial score (nSPS) is 11.2. The van der Waals surface area contributed by atoms with Crippen LogP contribution in [0.1, 0.15) is 24.5 Å². The van der Waals surface area contributed by atoms with Gasteiger partial charge in [-0.3, -0.25) is 4.99 Å². The molecular weight excluding hydrogens is 236 g/mol. The number of aliphatic imine (C=N–C) groups is 1. The van der Waals surface area contributed by atoms with Gasteiger partial charge in [0, 0.05) is 18.3 Å². The summed E-state index contributed by atoms with van der Waals surface area (Å²) in [6, 6.07) is 6.11. The standard InChI is InChI=1S/C16H24N2O/c1-6-17-16-9-8-13(2)12-15(16)14(3)19-11-7-10-18(4)5/h6,8-9,12H,3,7,10-11H2,1-2,4-5H3. The summed E-state index contributed by atoms with van der Waals surface area (Å²) in [5, 5.41) is 0. The molecule has 0 bridgehead atoms. The first kappa shape index (κ1) is 15.4. The zero-order chi connectivity index (χ0) is 14.3. The van der Waals surface area contributed by atoms with E-state index in [1.165, 1.54) is 5.56 Å². The SMILES string of the molecule is C=C(OCCCN(C)C)c1cc(C)ccc1N=CC. The molecule has 0 aliphatic carbocycles. The molecule has 0 radical (unpaired) electrons. The molecule has 1 rings (SSSR count). The third kappa shape index (κ3) is 5.26. The summed E-state index contributed by atoms with van der Waals surface area (Å²) in [5.41, 5.74) is 3.07. The van der Waals surface area contributed by atoms with E-state index >= 15 is 0 Å². The minimum absolute atomic E-state index is 0.681. The van der Waals surface area contributed by atoms with Crippen LogP contribution in [0.4, 0.5) is 5.69 Å². The van der Waals surface area contributed by atoms with Crippen LogP contribution in [-0.4, -0.2) is 38.4 Å². The van der Waals surface area contributed by atoms with Crippen molar-refractivity contribution in [2.45, 2.75) is 20.3 Å². The quantitative estimate of drug-likeness (QED) is 0.424. The van der Waals surface area contributed by atoms with Crippen molar-refractivity contribution < 1.29 is 4.74 Å². The van der Waals surface area contributed by atoms with Crippen LogP contribution in [-0.2, 0) is 4.74 Å². The van der Waals surface area contributed by atoms with Gasteiger partial charge in [-0.15, -0.1) is 0 Å². The molecule has 0 unspecified atom stereocenters. The van der Waals surface area contributed by atoms with Gasteiger partial charge in [0.2, 0.25) is 0 Å². The minimum atomic E-state index is 0.681. The lowest BCUT2D eigenvalue weighted by Gasteiger charge is -2.13. The van der Waals surface area contributed by atoms with Gasteiger partial charge in [0.1, 0.15) is 5.76 Å². The molecule has 0 spiro atoms. The van der Waals surface area contributed by atoms with E-state index in [9.17, 15) is 0 Å². The van der Waals surface area contributed by atoms with E-state index in [0.717, 1.165) is 24.2 Å². The van der Waals surface area contributed by atoms with Gasteiger partial charge in [0.05, 0.1) is 12.3 Å². The summed E-state index contributed by atoms with van der Waals surface area (Å²) >= 11 is 0. The van der Waals surface area contributed by atoms with Crippen LogP contribution < -0.4 is 0 Å². The van der Waals surface area contributed by atoms with Gasteiger partial charge in [0.25, 0.3) is 0 Å². The van der Waals surface area contributed by atoms with E-state index in [0.29, 0.717) is 12.4 Å². The van der Waals surface area contributed by atoms with Crippen molar-refractivity contribution in [1.29, 1.82) is 0 Å². The number of benzene rings is 1. The van der Waals surface area contributed by atoms with Gasteiger partial charge in [0.15, 0.2) is 0 Å². The van der Waals surface area contributed by atoms with Crippen LogP contribution in [0.25, 0.3) is 5.76 Å². The van der Waals surface area contributed by atoms with E-state index in [2.05, 4.69) is 43.6 Å². The van der Waals surface area contributed by atoms with Gasteiger partial charge in [-0.25, -0.2) is 0 Å². The number of nitrogens with zero attached hydrogens (tertiary/aromatic N) is 2. The first-order valence-electron chi connectivity index (χ1n) is 6.60. The molecular formula is C16H24N2O. The predicted molar refractivity (Wildman–Crippen MR) is 83.2 cm³/mol. The Morgan fingerprint density at radius 1 is 1.42 bits per heavy atom. The molecule has 0 saturated heterocycles. The highest BCUT2D eigenvalue weighted by Gasteiger charge is 2.07. The summed E-state index contributed by atoms with van der Waals surface area (Å²) < 4.78 is 5.73. The zero-order valence-corrected chi connectivity index (χ0v) is 12.4. The average molecular weight is 260 g/mol. The van der Waals surface area contributed by atoms with Gasteiger partial charge in [-0.1, -0.05) is 18.2 Å². The molecule has 3 heteroatoms. The van der Waals surface area contributed by atoms with Gasteiger partial charge in [-0.05, 0) is 46.5 Å². The van der Waals surface area contributed by atoms with E-state index in [-0.39, 0.29) is 0 Å². The molecule has 19 heavy (non-hydrogen) atoms. The smallest absolute Gasteiger partial charge is 0.121 e. The van der Waals surface area contributed by atoms with E-state index < -0.39 is 0 Å². The van der Waals surface area contributed by atoms with Crippen molar-refractivity contribution in [3.05, 3.63) is 35.9 Å². The summed E-state index contributed by atoms with van der Waals surface area (Å²) in [7, 11) is 4.12. The molecule has 0 N–H and O–H groups in total. The minimum Gasteiger partial charge on any atom is -0.493 e. The van der Waals surface area contributed by atoms with Crippen LogP contribution in [0.3, 0.4) is 0 Å². The summed E-state index contributed by atoms with van der Waals surface area (Å²) in [6.07, 6.45) is 2.78. The Morgan fingerprint density at radius 2 is 2.16 bits per heavy atom. The lowest BCUT2D eigenvalue weighted by Crippen LogP contribution is -2.14. The van der Waals surface area contributed by atoms with Gasteiger partial charge in [-0.2, -0.15) is 0 Å². The second-order valence-corrected chi connectivity index (χ2v) is 4.84. The number of hydrogen-bond donors (Lipinski definition) is 0.